The summed E-state index contributed by atoms with van der Waals surface area (Å²) in [5, 5.41) is 3.90. The average molecular weight is 510 g/mol. The highest BCUT2D eigenvalue weighted by Gasteiger charge is 2.14. The molecule has 184 valence electrons. The molecule has 5 rings (SSSR count). The van der Waals surface area contributed by atoms with Crippen LogP contribution in [0.15, 0.2) is 102 Å². The van der Waals surface area contributed by atoms with Crippen LogP contribution in [-0.4, -0.2) is 22.6 Å². The number of rotatable bonds is 7. The first-order chi connectivity index (χ1) is 18.0. The summed E-state index contributed by atoms with van der Waals surface area (Å²) in [6.07, 6.45) is 0.503. The van der Waals surface area contributed by atoms with Gasteiger partial charge in [-0.25, -0.2) is 4.98 Å². The minimum absolute atomic E-state index is 0.184. The van der Waals surface area contributed by atoms with Gasteiger partial charge >= 0.3 is 0 Å². The zero-order chi connectivity index (χ0) is 25.8. The average Bonchev–Trinajstić information content (AvgIpc) is 2.92. The van der Waals surface area contributed by atoms with Gasteiger partial charge in [0.2, 0.25) is 0 Å². The van der Waals surface area contributed by atoms with Gasteiger partial charge in [0.05, 0.1) is 24.6 Å². The first-order valence-electron chi connectivity index (χ1n) is 11.8. The normalized spacial score (nSPS) is 10.9. The smallest absolute Gasteiger partial charge is 0.261 e. The fourth-order valence-corrected chi connectivity index (χ4v) is 4.40. The van der Waals surface area contributed by atoms with E-state index in [1.54, 1.807) is 60.2 Å². The van der Waals surface area contributed by atoms with Crippen LogP contribution >= 0.6 is 11.6 Å². The van der Waals surface area contributed by atoms with Gasteiger partial charge < -0.3 is 10.1 Å². The number of halogens is 1. The Labute approximate surface area is 219 Å². The number of nitrogens with one attached hydrogen (secondary N) is 1. The number of carbonyl (C=O) groups is 1. The predicted octanol–water partition coefficient (Wildman–Crippen LogP) is 5.95. The lowest BCUT2D eigenvalue weighted by Crippen LogP contribution is -2.26. The second-order valence-corrected chi connectivity index (χ2v) is 9.06. The van der Waals surface area contributed by atoms with E-state index in [0.29, 0.717) is 51.7 Å². The second-order valence-electron chi connectivity index (χ2n) is 8.63. The van der Waals surface area contributed by atoms with E-state index in [1.807, 2.05) is 48.5 Å². The predicted molar refractivity (Wildman–Crippen MR) is 147 cm³/mol. The fourth-order valence-electron chi connectivity index (χ4n) is 4.18. The van der Waals surface area contributed by atoms with Crippen molar-refractivity contribution in [2.24, 2.45) is 0 Å². The molecule has 1 heterocycles. The van der Waals surface area contributed by atoms with Gasteiger partial charge in [-0.05, 0) is 65.7 Å². The number of nitrogens with zero attached hydrogens (tertiary/aromatic N) is 2. The Morgan fingerprint density at radius 3 is 2.41 bits per heavy atom. The van der Waals surface area contributed by atoms with Crippen LogP contribution in [0.4, 0.5) is 5.69 Å². The zero-order valence-electron chi connectivity index (χ0n) is 20.1. The number of methoxy groups -OCH3 is 1. The maximum Gasteiger partial charge on any atom is 0.261 e. The zero-order valence-corrected chi connectivity index (χ0v) is 20.9. The molecule has 0 atom stereocenters. The van der Waals surface area contributed by atoms with Crippen LogP contribution in [0.2, 0.25) is 5.02 Å². The lowest BCUT2D eigenvalue weighted by molar-refractivity contribution is 0.102. The van der Waals surface area contributed by atoms with E-state index < -0.39 is 0 Å². The van der Waals surface area contributed by atoms with Crippen LogP contribution in [0.25, 0.3) is 10.9 Å². The molecule has 0 spiro atoms. The molecule has 1 aromatic heterocycles. The van der Waals surface area contributed by atoms with Gasteiger partial charge in [0.15, 0.2) is 0 Å². The van der Waals surface area contributed by atoms with Gasteiger partial charge in [-0.3, -0.25) is 14.2 Å². The van der Waals surface area contributed by atoms with Crippen molar-refractivity contribution in [1.82, 2.24) is 9.55 Å². The second kappa shape index (κ2) is 10.7. The number of benzene rings is 4. The summed E-state index contributed by atoms with van der Waals surface area (Å²) < 4.78 is 6.83. The number of anilines is 1. The molecule has 5 aromatic rings. The van der Waals surface area contributed by atoms with Crippen molar-refractivity contribution in [3.05, 3.63) is 135 Å². The fraction of sp³-hybridized carbons (Fsp3) is 0.100. The summed E-state index contributed by atoms with van der Waals surface area (Å²) in [7, 11) is 1.57. The monoisotopic (exact) mass is 509 g/mol. The lowest BCUT2D eigenvalue weighted by atomic mass is 10.1. The van der Waals surface area contributed by atoms with Gasteiger partial charge in [0.1, 0.15) is 11.6 Å². The van der Waals surface area contributed by atoms with E-state index >= 15 is 0 Å². The number of carbonyl (C=O) groups excluding carboxylic acids is 1. The highest BCUT2D eigenvalue weighted by molar-refractivity contribution is 6.30. The Balaban J connectivity index is 1.53. The topological polar surface area (TPSA) is 73.2 Å². The molecule has 1 N–H and O–H groups in total. The van der Waals surface area contributed by atoms with Crippen molar-refractivity contribution in [1.29, 1.82) is 0 Å². The minimum Gasteiger partial charge on any atom is -0.497 e. The molecule has 0 aliphatic rings. The molecule has 0 saturated heterocycles. The third kappa shape index (κ3) is 5.55. The summed E-state index contributed by atoms with van der Waals surface area (Å²) >= 11 is 6.20. The third-order valence-corrected chi connectivity index (χ3v) is 6.31. The van der Waals surface area contributed by atoms with Crippen molar-refractivity contribution in [2.45, 2.75) is 13.0 Å². The van der Waals surface area contributed by atoms with Crippen molar-refractivity contribution < 1.29 is 9.53 Å². The highest BCUT2D eigenvalue weighted by atomic mass is 35.5. The number of ether oxygens (including phenoxy) is 1. The maximum absolute atomic E-state index is 13.8. The number of hydrogen-bond acceptors (Lipinski definition) is 4. The molecule has 0 bridgehead atoms. The Morgan fingerprint density at radius 1 is 0.919 bits per heavy atom. The minimum atomic E-state index is -0.282. The third-order valence-electron chi connectivity index (χ3n) is 6.08. The molecule has 7 heteroatoms. The van der Waals surface area contributed by atoms with E-state index in [2.05, 4.69) is 5.32 Å². The van der Waals surface area contributed by atoms with E-state index in [1.165, 1.54) is 0 Å². The first kappa shape index (κ1) is 24.3. The summed E-state index contributed by atoms with van der Waals surface area (Å²) in [6.45, 7) is 0.326. The van der Waals surface area contributed by atoms with Gasteiger partial charge in [0, 0.05) is 22.7 Å². The summed E-state index contributed by atoms with van der Waals surface area (Å²) in [5.41, 5.74) is 3.33. The van der Waals surface area contributed by atoms with E-state index in [0.717, 1.165) is 11.1 Å². The molecule has 1 amide bonds. The van der Waals surface area contributed by atoms with Crippen molar-refractivity contribution in [2.75, 3.05) is 12.4 Å². The SMILES string of the molecule is COc1ccc(C(=O)Nc2ccc3nc(Cc4ccccc4)n(Cc4cccc(Cl)c4)c(=O)c3c2)cc1. The standard InChI is InChI=1S/C30H24ClN3O3/c1-37-25-13-10-22(11-14-25)29(35)32-24-12-15-27-26(18-24)30(36)34(19-21-8-5-9-23(31)16-21)28(33-27)17-20-6-3-2-4-7-20/h2-16,18H,17,19H2,1H3,(H,32,35). The van der Waals surface area contributed by atoms with Crippen LogP contribution in [0.1, 0.15) is 27.3 Å². The van der Waals surface area contributed by atoms with Crippen molar-refractivity contribution >= 4 is 34.1 Å². The van der Waals surface area contributed by atoms with Crippen LogP contribution in [0.5, 0.6) is 5.75 Å². The molecule has 4 aromatic carbocycles. The van der Waals surface area contributed by atoms with Crippen LogP contribution < -0.4 is 15.6 Å². The van der Waals surface area contributed by atoms with E-state index in [-0.39, 0.29) is 11.5 Å². The summed E-state index contributed by atoms with van der Waals surface area (Å²) in [4.78, 5) is 31.4. The molecule has 6 nitrogen and oxygen atoms in total. The van der Waals surface area contributed by atoms with Crippen molar-refractivity contribution in [3.63, 3.8) is 0 Å². The largest absolute Gasteiger partial charge is 0.497 e. The first-order valence-corrected chi connectivity index (χ1v) is 12.2. The molecule has 0 aliphatic carbocycles. The van der Waals surface area contributed by atoms with Crippen LogP contribution in [0, 0.1) is 0 Å². The van der Waals surface area contributed by atoms with E-state index in [9.17, 15) is 9.59 Å². The van der Waals surface area contributed by atoms with Crippen molar-refractivity contribution in [3.8, 4) is 5.75 Å². The Kier molecular flexibility index (Phi) is 7.01. The summed E-state index contributed by atoms with van der Waals surface area (Å²) in [6, 6.07) is 29.4. The summed E-state index contributed by atoms with van der Waals surface area (Å²) in [5.74, 6) is 1.04. The lowest BCUT2D eigenvalue weighted by Gasteiger charge is -2.15. The maximum atomic E-state index is 13.8. The van der Waals surface area contributed by atoms with Gasteiger partial charge in [-0.1, -0.05) is 54.1 Å². The van der Waals surface area contributed by atoms with E-state index in [4.69, 9.17) is 21.3 Å². The molecule has 0 aliphatic heterocycles. The number of amides is 1. The van der Waals surface area contributed by atoms with Crippen LogP contribution in [-0.2, 0) is 13.0 Å². The Bertz CT molecular complexity index is 1630. The molecule has 0 fully saturated rings. The number of fused-ring (bicyclic) bond motifs is 1. The molecule has 0 unspecified atom stereocenters. The van der Waals surface area contributed by atoms with Gasteiger partial charge in [0.25, 0.3) is 11.5 Å². The molecular weight excluding hydrogens is 486 g/mol. The van der Waals surface area contributed by atoms with Gasteiger partial charge in [-0.15, -0.1) is 0 Å². The number of hydrogen-bond donors (Lipinski definition) is 1. The Morgan fingerprint density at radius 2 is 1.68 bits per heavy atom. The molecule has 0 radical (unpaired) electrons. The molecule has 0 saturated carbocycles. The number of aromatic nitrogens is 2. The quantitative estimate of drug-likeness (QED) is 0.294. The van der Waals surface area contributed by atoms with Gasteiger partial charge in [-0.2, -0.15) is 0 Å². The molecular formula is C30H24ClN3O3. The highest BCUT2D eigenvalue weighted by Crippen LogP contribution is 2.20. The Hall–Kier alpha value is -4.42. The van der Waals surface area contributed by atoms with Crippen LogP contribution in [0.3, 0.4) is 0 Å². The molecule has 37 heavy (non-hydrogen) atoms.